The van der Waals surface area contributed by atoms with Crippen molar-refractivity contribution in [3.8, 4) is 0 Å². The van der Waals surface area contributed by atoms with E-state index in [2.05, 4.69) is 18.2 Å². The Bertz CT molecular complexity index is 542. The topological polar surface area (TPSA) is 18.5 Å². The van der Waals surface area contributed by atoms with Gasteiger partial charge >= 0.3 is 0 Å². The molecule has 0 N–H and O–H groups in total. The molecule has 0 radical (unpaired) electrons. The molecule has 2 nitrogen and oxygen atoms in total. The molecule has 1 saturated carbocycles. The third kappa shape index (κ3) is 4.30. The quantitative estimate of drug-likeness (QED) is 0.635. The summed E-state index contributed by atoms with van der Waals surface area (Å²) in [6.45, 7) is 3.60. The van der Waals surface area contributed by atoms with Crippen LogP contribution >= 0.6 is 23.2 Å². The van der Waals surface area contributed by atoms with Gasteiger partial charge in [-0.15, -0.1) is 0 Å². The Morgan fingerprint density at radius 2 is 1.70 bits per heavy atom. The van der Waals surface area contributed by atoms with E-state index in [1.54, 1.807) is 0 Å². The monoisotopic (exact) mass is 354 g/mol. The van der Waals surface area contributed by atoms with Gasteiger partial charge in [0.05, 0.1) is 23.3 Å². The number of hydrogen-bond acceptors (Lipinski definition) is 2. The molecule has 0 aromatic heterocycles. The van der Waals surface area contributed by atoms with Crippen molar-refractivity contribution in [2.24, 2.45) is 11.8 Å². The molecule has 3 rings (SSSR count). The van der Waals surface area contributed by atoms with Gasteiger partial charge < -0.3 is 9.47 Å². The first-order valence-corrected chi connectivity index (χ1v) is 9.24. The summed E-state index contributed by atoms with van der Waals surface area (Å²) in [5.41, 5.74) is 1.30. The molecule has 0 unspecified atom stereocenters. The van der Waals surface area contributed by atoms with E-state index in [4.69, 9.17) is 32.7 Å². The van der Waals surface area contributed by atoms with Crippen molar-refractivity contribution in [3.05, 3.63) is 46.0 Å². The van der Waals surface area contributed by atoms with Crippen molar-refractivity contribution in [1.82, 2.24) is 0 Å². The highest BCUT2D eigenvalue weighted by Crippen LogP contribution is 2.40. The Hall–Kier alpha value is -0.540. The van der Waals surface area contributed by atoms with Crippen LogP contribution in [0.4, 0.5) is 0 Å². The lowest BCUT2D eigenvalue weighted by molar-refractivity contribution is -0.222. The van der Waals surface area contributed by atoms with Gasteiger partial charge in [-0.3, -0.25) is 0 Å². The van der Waals surface area contributed by atoms with E-state index in [-0.39, 0.29) is 6.29 Å². The number of benzene rings is 1. The normalized spacial score (nSPS) is 32.3. The molecule has 0 amide bonds. The molecule has 1 aliphatic heterocycles. The van der Waals surface area contributed by atoms with Gasteiger partial charge in [-0.25, -0.2) is 0 Å². The summed E-state index contributed by atoms with van der Waals surface area (Å²) in [7, 11) is 0. The lowest BCUT2D eigenvalue weighted by atomic mass is 9.78. The van der Waals surface area contributed by atoms with Crippen LogP contribution in [-0.4, -0.2) is 19.5 Å². The second-order valence-corrected chi connectivity index (χ2v) is 7.42. The average Bonchev–Trinajstić information content (AvgIpc) is 2.59. The molecular formula is C19H24Cl2O2. The Kier molecular flexibility index (Phi) is 6.03. The van der Waals surface area contributed by atoms with Gasteiger partial charge in [0.1, 0.15) is 0 Å². The van der Waals surface area contributed by atoms with E-state index >= 15 is 0 Å². The van der Waals surface area contributed by atoms with Crippen molar-refractivity contribution in [1.29, 1.82) is 0 Å². The van der Waals surface area contributed by atoms with Crippen LogP contribution in [0.2, 0.25) is 10.0 Å². The maximum Gasteiger partial charge on any atom is 0.160 e. The molecule has 0 bridgehead atoms. The third-order valence-electron chi connectivity index (χ3n) is 4.99. The lowest BCUT2D eigenvalue weighted by Gasteiger charge is -2.37. The van der Waals surface area contributed by atoms with Crippen LogP contribution in [-0.2, 0) is 9.47 Å². The minimum atomic E-state index is -0.0220. The average molecular weight is 355 g/mol. The Balaban J connectivity index is 1.51. The van der Waals surface area contributed by atoms with E-state index in [0.29, 0.717) is 27.8 Å². The molecule has 2 aliphatic rings. The van der Waals surface area contributed by atoms with E-state index in [1.807, 2.05) is 19.1 Å². The molecule has 1 aliphatic carbocycles. The van der Waals surface area contributed by atoms with Crippen LogP contribution in [0.15, 0.2) is 30.4 Å². The van der Waals surface area contributed by atoms with Crippen molar-refractivity contribution in [2.75, 3.05) is 13.2 Å². The van der Waals surface area contributed by atoms with Crippen LogP contribution in [0, 0.1) is 11.8 Å². The van der Waals surface area contributed by atoms with Crippen molar-refractivity contribution < 1.29 is 9.47 Å². The predicted molar refractivity (Wildman–Crippen MR) is 95.2 cm³/mol. The predicted octanol–water partition coefficient (Wildman–Crippen LogP) is 5.83. The highest BCUT2D eigenvalue weighted by molar-refractivity contribution is 6.42. The summed E-state index contributed by atoms with van der Waals surface area (Å²) in [5, 5.41) is 1.28. The van der Waals surface area contributed by atoms with Gasteiger partial charge in [0.2, 0.25) is 0 Å². The molecule has 1 aromatic carbocycles. The first kappa shape index (κ1) is 17.3. The molecule has 2 fully saturated rings. The zero-order valence-corrected chi connectivity index (χ0v) is 15.0. The maximum atomic E-state index is 6.15. The number of hydrogen-bond donors (Lipinski definition) is 0. The fourth-order valence-electron chi connectivity index (χ4n) is 3.68. The van der Waals surface area contributed by atoms with Crippen LogP contribution in [0.1, 0.15) is 44.1 Å². The summed E-state index contributed by atoms with van der Waals surface area (Å²) < 4.78 is 11.9. The zero-order chi connectivity index (χ0) is 16.2. The van der Waals surface area contributed by atoms with E-state index in [9.17, 15) is 0 Å². The van der Waals surface area contributed by atoms with Gasteiger partial charge in [0, 0.05) is 11.8 Å². The van der Waals surface area contributed by atoms with Crippen LogP contribution in [0.5, 0.6) is 0 Å². The summed E-state index contributed by atoms with van der Waals surface area (Å²) in [5.74, 6) is 1.49. The minimum Gasteiger partial charge on any atom is -0.352 e. The molecule has 23 heavy (non-hydrogen) atoms. The van der Waals surface area contributed by atoms with Crippen molar-refractivity contribution in [3.63, 3.8) is 0 Å². The summed E-state index contributed by atoms with van der Waals surface area (Å²) in [4.78, 5) is 0. The van der Waals surface area contributed by atoms with E-state index in [1.165, 1.54) is 5.56 Å². The molecular weight excluding hydrogens is 331 g/mol. The third-order valence-corrected chi connectivity index (χ3v) is 5.72. The van der Waals surface area contributed by atoms with Crippen LogP contribution in [0.3, 0.4) is 0 Å². The molecule has 0 spiro atoms. The Morgan fingerprint density at radius 1 is 1.00 bits per heavy atom. The molecule has 0 atom stereocenters. The summed E-state index contributed by atoms with van der Waals surface area (Å²) in [6, 6.07) is 6.03. The highest BCUT2D eigenvalue weighted by atomic mass is 35.5. The number of rotatable bonds is 3. The van der Waals surface area contributed by atoms with E-state index in [0.717, 1.165) is 38.9 Å². The number of allylic oxidation sites excluding steroid dienone is 1. The molecule has 1 saturated heterocycles. The van der Waals surface area contributed by atoms with Crippen LogP contribution in [0.25, 0.3) is 0 Å². The smallest absolute Gasteiger partial charge is 0.160 e. The van der Waals surface area contributed by atoms with Gasteiger partial charge in [0.25, 0.3) is 0 Å². The molecule has 1 heterocycles. The van der Waals surface area contributed by atoms with Gasteiger partial charge in [-0.2, -0.15) is 0 Å². The van der Waals surface area contributed by atoms with Gasteiger partial charge in [-0.1, -0.05) is 41.4 Å². The van der Waals surface area contributed by atoms with Gasteiger partial charge in [0.15, 0.2) is 6.29 Å². The van der Waals surface area contributed by atoms with E-state index < -0.39 is 0 Å². The first-order valence-electron chi connectivity index (χ1n) is 8.48. The Morgan fingerprint density at radius 3 is 2.30 bits per heavy atom. The standard InChI is InChI=1S/C19H24Cl2O2/c1-2-3-13-11-22-19(23-12-13)15-6-4-14(5-7-15)16-8-9-17(20)18(21)10-16/h2-3,8-10,13-15,19H,4-7,11-12H2,1H3/t13-,14-,15-,19-. The molecule has 1 aromatic rings. The Labute approximate surface area is 148 Å². The zero-order valence-electron chi connectivity index (χ0n) is 13.5. The molecule has 4 heteroatoms. The number of halogens is 2. The van der Waals surface area contributed by atoms with Crippen LogP contribution < -0.4 is 0 Å². The fourth-order valence-corrected chi connectivity index (χ4v) is 3.99. The fraction of sp³-hybridized carbons (Fsp3) is 0.579. The second-order valence-electron chi connectivity index (χ2n) is 6.61. The SMILES string of the molecule is CC=C[C@H]1CO[C@H]([C@H]2CC[C@H](c3ccc(Cl)c(Cl)c3)CC2)OC1. The summed E-state index contributed by atoms with van der Waals surface area (Å²) in [6.07, 6.45) is 8.81. The maximum absolute atomic E-state index is 6.15. The number of ether oxygens (including phenoxy) is 2. The molecule has 126 valence electrons. The van der Waals surface area contributed by atoms with Gasteiger partial charge in [-0.05, 0) is 56.2 Å². The largest absolute Gasteiger partial charge is 0.352 e. The lowest BCUT2D eigenvalue weighted by Crippen LogP contribution is -2.37. The van der Waals surface area contributed by atoms with Crippen molar-refractivity contribution in [2.45, 2.75) is 44.8 Å². The second kappa shape index (κ2) is 8.02. The highest BCUT2D eigenvalue weighted by Gasteiger charge is 2.32. The minimum absolute atomic E-state index is 0.0220. The summed E-state index contributed by atoms with van der Waals surface area (Å²) >= 11 is 12.2. The first-order chi connectivity index (χ1) is 11.2. The van der Waals surface area contributed by atoms with Crippen molar-refractivity contribution >= 4 is 23.2 Å².